The summed E-state index contributed by atoms with van der Waals surface area (Å²) in [5, 5.41) is 6.78. The lowest BCUT2D eigenvalue weighted by atomic mass is 10.1. The van der Waals surface area contributed by atoms with E-state index in [0.29, 0.717) is 17.0 Å². The highest BCUT2D eigenvalue weighted by molar-refractivity contribution is 5.93. The van der Waals surface area contributed by atoms with Gasteiger partial charge < -0.3 is 14.6 Å². The quantitative estimate of drug-likeness (QED) is 0.882. The van der Waals surface area contributed by atoms with Crippen LogP contribution in [0.25, 0.3) is 0 Å². The molecule has 0 radical (unpaired) electrons. The van der Waals surface area contributed by atoms with E-state index in [2.05, 4.69) is 17.4 Å². The Balaban J connectivity index is 2.12. The standard InChI is InChI=1S/C18H24N2O3/c1-6-13(4)19-18(21)17-16(14(5)23-20-17)10-22-15-8-7-11(2)12(3)9-15/h7-9,13H,6,10H2,1-5H3,(H,19,21). The number of hydrogen-bond acceptors (Lipinski definition) is 4. The Labute approximate surface area is 137 Å². The normalized spacial score (nSPS) is 12.0. The van der Waals surface area contributed by atoms with E-state index in [-0.39, 0.29) is 18.6 Å². The number of ether oxygens (including phenoxy) is 1. The first kappa shape index (κ1) is 17.1. The van der Waals surface area contributed by atoms with Crippen molar-refractivity contribution in [1.29, 1.82) is 0 Å². The summed E-state index contributed by atoms with van der Waals surface area (Å²) in [6, 6.07) is 6.01. The zero-order chi connectivity index (χ0) is 17.0. The molecule has 1 aromatic heterocycles. The molecule has 23 heavy (non-hydrogen) atoms. The van der Waals surface area contributed by atoms with Crippen LogP contribution in [0.15, 0.2) is 22.7 Å². The molecular formula is C18H24N2O3. The lowest BCUT2D eigenvalue weighted by molar-refractivity contribution is 0.0928. The summed E-state index contributed by atoms with van der Waals surface area (Å²) in [5.74, 6) is 1.14. The SMILES string of the molecule is CCC(C)NC(=O)c1noc(C)c1COc1ccc(C)c(C)c1. The molecule has 0 saturated heterocycles. The molecule has 0 bridgehead atoms. The highest BCUT2D eigenvalue weighted by atomic mass is 16.5. The average Bonchev–Trinajstić information content (AvgIpc) is 2.89. The third-order valence-corrected chi connectivity index (χ3v) is 4.05. The molecule has 0 aliphatic carbocycles. The highest BCUT2D eigenvalue weighted by Crippen LogP contribution is 2.20. The lowest BCUT2D eigenvalue weighted by Crippen LogP contribution is -2.32. The third-order valence-electron chi connectivity index (χ3n) is 4.05. The molecule has 0 aliphatic heterocycles. The first-order chi connectivity index (χ1) is 10.9. The van der Waals surface area contributed by atoms with Crippen molar-refractivity contribution in [2.24, 2.45) is 0 Å². The van der Waals surface area contributed by atoms with Gasteiger partial charge in [-0.15, -0.1) is 0 Å². The van der Waals surface area contributed by atoms with Gasteiger partial charge in [0.1, 0.15) is 18.1 Å². The molecule has 1 heterocycles. The zero-order valence-corrected chi connectivity index (χ0v) is 14.4. The van der Waals surface area contributed by atoms with E-state index in [1.807, 2.05) is 39.0 Å². The number of carbonyl (C=O) groups excluding carboxylic acids is 1. The molecule has 0 aliphatic rings. The van der Waals surface area contributed by atoms with Crippen LogP contribution in [0.1, 0.15) is 53.2 Å². The average molecular weight is 316 g/mol. The number of hydrogen-bond donors (Lipinski definition) is 1. The second-order valence-corrected chi connectivity index (χ2v) is 5.88. The van der Waals surface area contributed by atoms with Gasteiger partial charge in [0.2, 0.25) is 0 Å². The highest BCUT2D eigenvalue weighted by Gasteiger charge is 2.21. The van der Waals surface area contributed by atoms with Crippen LogP contribution in [0.5, 0.6) is 5.75 Å². The molecule has 0 fully saturated rings. The van der Waals surface area contributed by atoms with Crippen molar-refractivity contribution in [3.63, 3.8) is 0 Å². The number of rotatable bonds is 6. The van der Waals surface area contributed by atoms with Gasteiger partial charge >= 0.3 is 0 Å². The smallest absolute Gasteiger partial charge is 0.274 e. The number of aryl methyl sites for hydroxylation is 3. The molecule has 1 amide bonds. The predicted octanol–water partition coefficient (Wildman–Crippen LogP) is 3.71. The zero-order valence-electron chi connectivity index (χ0n) is 14.4. The van der Waals surface area contributed by atoms with E-state index in [4.69, 9.17) is 9.26 Å². The van der Waals surface area contributed by atoms with Crippen molar-refractivity contribution in [3.05, 3.63) is 46.3 Å². The van der Waals surface area contributed by atoms with Gasteiger partial charge in [-0.2, -0.15) is 0 Å². The molecule has 0 spiro atoms. The van der Waals surface area contributed by atoms with E-state index in [0.717, 1.165) is 12.2 Å². The first-order valence-corrected chi connectivity index (χ1v) is 7.88. The van der Waals surface area contributed by atoms with Crippen molar-refractivity contribution in [3.8, 4) is 5.75 Å². The molecule has 2 rings (SSSR count). The maximum absolute atomic E-state index is 12.3. The van der Waals surface area contributed by atoms with Crippen LogP contribution >= 0.6 is 0 Å². The van der Waals surface area contributed by atoms with Crippen LogP contribution in [-0.2, 0) is 6.61 Å². The van der Waals surface area contributed by atoms with Gasteiger partial charge in [0.05, 0.1) is 5.56 Å². The minimum atomic E-state index is -0.227. The second-order valence-electron chi connectivity index (χ2n) is 5.88. The molecule has 1 N–H and O–H groups in total. The van der Waals surface area contributed by atoms with Crippen LogP contribution in [-0.4, -0.2) is 17.1 Å². The Kier molecular flexibility index (Phi) is 5.42. The summed E-state index contributed by atoms with van der Waals surface area (Å²) in [6.45, 7) is 10.1. The van der Waals surface area contributed by atoms with Gasteiger partial charge in [-0.3, -0.25) is 4.79 Å². The summed E-state index contributed by atoms with van der Waals surface area (Å²) in [5.41, 5.74) is 3.36. The third kappa shape index (κ3) is 4.12. The Bertz CT molecular complexity index is 692. The predicted molar refractivity (Wildman–Crippen MR) is 88.7 cm³/mol. The van der Waals surface area contributed by atoms with Gasteiger partial charge in [-0.05, 0) is 57.4 Å². The molecule has 2 aromatic rings. The lowest BCUT2D eigenvalue weighted by Gasteiger charge is -2.11. The van der Waals surface area contributed by atoms with Gasteiger partial charge in [0.25, 0.3) is 5.91 Å². The van der Waals surface area contributed by atoms with Crippen LogP contribution < -0.4 is 10.1 Å². The van der Waals surface area contributed by atoms with E-state index in [9.17, 15) is 4.79 Å². The van der Waals surface area contributed by atoms with Gasteiger partial charge in [-0.1, -0.05) is 18.1 Å². The number of benzene rings is 1. The van der Waals surface area contributed by atoms with Gasteiger partial charge in [0.15, 0.2) is 5.69 Å². The number of carbonyl (C=O) groups is 1. The van der Waals surface area contributed by atoms with Crippen molar-refractivity contribution in [2.45, 2.75) is 53.7 Å². The monoisotopic (exact) mass is 316 g/mol. The van der Waals surface area contributed by atoms with E-state index < -0.39 is 0 Å². The van der Waals surface area contributed by atoms with Gasteiger partial charge in [0, 0.05) is 6.04 Å². The van der Waals surface area contributed by atoms with E-state index in [1.165, 1.54) is 11.1 Å². The molecular weight excluding hydrogens is 292 g/mol. The molecule has 5 nitrogen and oxygen atoms in total. The fourth-order valence-corrected chi connectivity index (χ4v) is 2.09. The molecule has 1 aromatic carbocycles. The van der Waals surface area contributed by atoms with Crippen molar-refractivity contribution in [1.82, 2.24) is 10.5 Å². The van der Waals surface area contributed by atoms with Gasteiger partial charge in [-0.25, -0.2) is 0 Å². The molecule has 5 heteroatoms. The fraction of sp³-hybridized carbons (Fsp3) is 0.444. The summed E-state index contributed by atoms with van der Waals surface area (Å²) in [4.78, 5) is 12.3. The van der Waals surface area contributed by atoms with Crippen LogP contribution in [0.4, 0.5) is 0 Å². The molecule has 124 valence electrons. The largest absolute Gasteiger partial charge is 0.489 e. The molecule has 1 unspecified atom stereocenters. The minimum absolute atomic E-state index is 0.0908. The number of nitrogens with one attached hydrogen (secondary N) is 1. The number of amides is 1. The van der Waals surface area contributed by atoms with Crippen LogP contribution in [0, 0.1) is 20.8 Å². The van der Waals surface area contributed by atoms with E-state index >= 15 is 0 Å². The van der Waals surface area contributed by atoms with E-state index in [1.54, 1.807) is 6.92 Å². The topological polar surface area (TPSA) is 64.4 Å². The maximum atomic E-state index is 12.3. The maximum Gasteiger partial charge on any atom is 0.274 e. The Hall–Kier alpha value is -2.30. The Morgan fingerprint density at radius 3 is 2.70 bits per heavy atom. The summed E-state index contributed by atoms with van der Waals surface area (Å²) < 4.78 is 11.0. The summed E-state index contributed by atoms with van der Waals surface area (Å²) in [7, 11) is 0. The summed E-state index contributed by atoms with van der Waals surface area (Å²) in [6.07, 6.45) is 0.858. The van der Waals surface area contributed by atoms with Crippen molar-refractivity contribution >= 4 is 5.91 Å². The van der Waals surface area contributed by atoms with Crippen molar-refractivity contribution < 1.29 is 14.1 Å². The Morgan fingerprint density at radius 2 is 2.04 bits per heavy atom. The first-order valence-electron chi connectivity index (χ1n) is 7.88. The summed E-state index contributed by atoms with van der Waals surface area (Å²) >= 11 is 0. The Morgan fingerprint density at radius 1 is 1.30 bits per heavy atom. The second kappa shape index (κ2) is 7.31. The molecule has 0 saturated carbocycles. The van der Waals surface area contributed by atoms with Crippen LogP contribution in [0.3, 0.4) is 0 Å². The van der Waals surface area contributed by atoms with Crippen LogP contribution in [0.2, 0.25) is 0 Å². The molecule has 1 atom stereocenters. The number of nitrogens with zero attached hydrogens (tertiary/aromatic N) is 1. The minimum Gasteiger partial charge on any atom is -0.489 e. The van der Waals surface area contributed by atoms with Crippen molar-refractivity contribution in [2.75, 3.05) is 0 Å². The number of aromatic nitrogens is 1. The fourth-order valence-electron chi connectivity index (χ4n) is 2.09.